The van der Waals surface area contributed by atoms with Crippen molar-refractivity contribution in [2.45, 2.75) is 18.2 Å². The highest BCUT2D eigenvalue weighted by molar-refractivity contribution is 7.98. The van der Waals surface area contributed by atoms with Gasteiger partial charge in [0.05, 0.1) is 16.8 Å². The standard InChI is InChI=1S/C14H21ClN2O3S2/c1-4-17(22(3,19)20)9-5-8-16-14(18)12-10-11(21-2)6-7-13(12)15/h6-7,10H,4-5,8-9H2,1-3H3,(H,16,18). The smallest absolute Gasteiger partial charge is 0.252 e. The lowest BCUT2D eigenvalue weighted by molar-refractivity contribution is 0.0952. The molecule has 0 saturated carbocycles. The summed E-state index contributed by atoms with van der Waals surface area (Å²) in [5, 5.41) is 3.17. The zero-order valence-electron chi connectivity index (χ0n) is 12.9. The molecule has 8 heteroatoms. The van der Waals surface area contributed by atoms with Crippen LogP contribution in [0, 0.1) is 0 Å². The normalized spacial score (nSPS) is 11.7. The molecule has 22 heavy (non-hydrogen) atoms. The largest absolute Gasteiger partial charge is 0.352 e. The van der Waals surface area contributed by atoms with Crippen molar-refractivity contribution in [1.29, 1.82) is 0 Å². The number of rotatable bonds is 8. The van der Waals surface area contributed by atoms with Gasteiger partial charge in [-0.25, -0.2) is 12.7 Å². The summed E-state index contributed by atoms with van der Waals surface area (Å²) < 4.78 is 24.3. The van der Waals surface area contributed by atoms with E-state index >= 15 is 0 Å². The van der Waals surface area contributed by atoms with E-state index in [0.717, 1.165) is 4.90 Å². The van der Waals surface area contributed by atoms with Gasteiger partial charge in [-0.3, -0.25) is 4.79 Å². The number of halogens is 1. The Balaban J connectivity index is 2.54. The molecule has 0 heterocycles. The van der Waals surface area contributed by atoms with Crippen molar-refractivity contribution in [3.8, 4) is 0 Å². The molecule has 0 fully saturated rings. The number of nitrogens with zero attached hydrogens (tertiary/aromatic N) is 1. The molecular formula is C14H21ClN2O3S2. The Morgan fingerprint density at radius 1 is 1.41 bits per heavy atom. The molecule has 0 spiro atoms. The van der Waals surface area contributed by atoms with Crippen molar-refractivity contribution in [2.24, 2.45) is 0 Å². The van der Waals surface area contributed by atoms with E-state index in [4.69, 9.17) is 11.6 Å². The third-order valence-electron chi connectivity index (χ3n) is 3.11. The fraction of sp³-hybridized carbons (Fsp3) is 0.500. The predicted octanol–water partition coefficient (Wildman–Crippen LogP) is 2.46. The Hall–Kier alpha value is -0.760. The fourth-order valence-corrected chi connectivity index (χ4v) is 3.49. The first kappa shape index (κ1) is 19.3. The van der Waals surface area contributed by atoms with E-state index in [-0.39, 0.29) is 5.91 Å². The van der Waals surface area contributed by atoms with E-state index in [0.29, 0.717) is 36.6 Å². The zero-order valence-corrected chi connectivity index (χ0v) is 15.3. The Morgan fingerprint density at radius 2 is 2.09 bits per heavy atom. The van der Waals surface area contributed by atoms with Crippen LogP contribution in [0.4, 0.5) is 0 Å². The van der Waals surface area contributed by atoms with Crippen LogP contribution < -0.4 is 5.32 Å². The lowest BCUT2D eigenvalue weighted by Gasteiger charge is -2.17. The summed E-state index contributed by atoms with van der Waals surface area (Å²) in [7, 11) is -3.19. The summed E-state index contributed by atoms with van der Waals surface area (Å²) in [6.45, 7) is 2.99. The fourth-order valence-electron chi connectivity index (χ4n) is 1.92. The number of carbonyl (C=O) groups is 1. The van der Waals surface area contributed by atoms with Crippen molar-refractivity contribution in [2.75, 3.05) is 32.1 Å². The van der Waals surface area contributed by atoms with Crippen molar-refractivity contribution in [1.82, 2.24) is 9.62 Å². The molecule has 0 bridgehead atoms. The van der Waals surface area contributed by atoms with Crippen LogP contribution in [0.5, 0.6) is 0 Å². The van der Waals surface area contributed by atoms with Crippen molar-refractivity contribution in [3.05, 3.63) is 28.8 Å². The minimum atomic E-state index is -3.19. The second kappa shape index (κ2) is 8.76. The third kappa shape index (κ3) is 5.79. The maximum Gasteiger partial charge on any atom is 0.252 e. The summed E-state index contributed by atoms with van der Waals surface area (Å²) >= 11 is 7.57. The molecular weight excluding hydrogens is 344 g/mol. The van der Waals surface area contributed by atoms with Crippen LogP contribution in [0.25, 0.3) is 0 Å². The van der Waals surface area contributed by atoms with E-state index in [9.17, 15) is 13.2 Å². The molecule has 0 aromatic heterocycles. The van der Waals surface area contributed by atoms with Gasteiger partial charge in [-0.05, 0) is 30.9 Å². The topological polar surface area (TPSA) is 66.5 Å². The molecule has 0 aliphatic heterocycles. The van der Waals surface area contributed by atoms with E-state index < -0.39 is 10.0 Å². The Labute approximate surface area is 141 Å². The van der Waals surface area contributed by atoms with Gasteiger partial charge in [0.1, 0.15) is 0 Å². The van der Waals surface area contributed by atoms with Crippen LogP contribution >= 0.6 is 23.4 Å². The zero-order chi connectivity index (χ0) is 16.8. The summed E-state index contributed by atoms with van der Waals surface area (Å²) in [6, 6.07) is 5.30. The molecule has 1 amide bonds. The van der Waals surface area contributed by atoms with E-state index in [1.54, 1.807) is 19.1 Å². The number of nitrogens with one attached hydrogen (secondary N) is 1. The first-order valence-corrected chi connectivity index (χ1v) is 10.3. The number of sulfonamides is 1. The summed E-state index contributed by atoms with van der Waals surface area (Å²) in [5.74, 6) is -0.247. The Morgan fingerprint density at radius 3 is 2.64 bits per heavy atom. The number of thioether (sulfide) groups is 1. The van der Waals surface area contributed by atoms with Gasteiger partial charge in [0.15, 0.2) is 0 Å². The first-order chi connectivity index (χ1) is 10.3. The quantitative estimate of drug-likeness (QED) is 0.568. The molecule has 5 nitrogen and oxygen atoms in total. The molecule has 1 aromatic rings. The average Bonchev–Trinajstić information content (AvgIpc) is 2.46. The summed E-state index contributed by atoms with van der Waals surface area (Å²) in [5.41, 5.74) is 0.434. The predicted molar refractivity (Wildman–Crippen MR) is 92.3 cm³/mol. The van der Waals surface area contributed by atoms with Gasteiger partial charge >= 0.3 is 0 Å². The molecule has 0 unspecified atom stereocenters. The number of benzene rings is 1. The van der Waals surface area contributed by atoms with Crippen LogP contribution in [0.2, 0.25) is 5.02 Å². The van der Waals surface area contributed by atoms with Crippen molar-refractivity contribution < 1.29 is 13.2 Å². The highest BCUT2D eigenvalue weighted by Gasteiger charge is 2.14. The van der Waals surface area contributed by atoms with Crippen LogP contribution in [0.15, 0.2) is 23.1 Å². The molecule has 0 aliphatic rings. The molecule has 1 rings (SSSR count). The minimum Gasteiger partial charge on any atom is -0.352 e. The molecule has 124 valence electrons. The lowest BCUT2D eigenvalue weighted by Crippen LogP contribution is -2.33. The molecule has 1 aromatic carbocycles. The second-order valence-corrected chi connectivity index (χ2v) is 7.98. The molecule has 0 radical (unpaired) electrons. The maximum absolute atomic E-state index is 12.1. The SMILES string of the molecule is CCN(CCCNC(=O)c1cc(SC)ccc1Cl)S(C)(=O)=O. The van der Waals surface area contributed by atoms with E-state index in [2.05, 4.69) is 5.32 Å². The lowest BCUT2D eigenvalue weighted by atomic mass is 10.2. The van der Waals surface area contributed by atoms with Gasteiger partial charge in [0, 0.05) is 24.5 Å². The number of hydrogen-bond acceptors (Lipinski definition) is 4. The van der Waals surface area contributed by atoms with E-state index in [1.165, 1.54) is 22.3 Å². The van der Waals surface area contributed by atoms with Gasteiger partial charge in [0.25, 0.3) is 5.91 Å². The van der Waals surface area contributed by atoms with Crippen molar-refractivity contribution in [3.63, 3.8) is 0 Å². The number of hydrogen-bond donors (Lipinski definition) is 1. The van der Waals surface area contributed by atoms with Gasteiger partial charge in [0.2, 0.25) is 10.0 Å². The molecule has 0 saturated heterocycles. The van der Waals surface area contributed by atoms with Gasteiger partial charge in [-0.15, -0.1) is 11.8 Å². The van der Waals surface area contributed by atoms with Crippen LogP contribution in [0.1, 0.15) is 23.7 Å². The second-order valence-electron chi connectivity index (χ2n) is 4.71. The van der Waals surface area contributed by atoms with Gasteiger partial charge in [-0.2, -0.15) is 0 Å². The summed E-state index contributed by atoms with van der Waals surface area (Å²) in [6.07, 6.45) is 3.66. The van der Waals surface area contributed by atoms with Gasteiger partial charge < -0.3 is 5.32 Å². The van der Waals surface area contributed by atoms with Crippen molar-refractivity contribution >= 4 is 39.3 Å². The Bertz CT molecular complexity index is 621. The number of amides is 1. The summed E-state index contributed by atoms with van der Waals surface area (Å²) in [4.78, 5) is 13.1. The number of carbonyl (C=O) groups excluding carboxylic acids is 1. The Kier molecular flexibility index (Phi) is 7.68. The first-order valence-electron chi connectivity index (χ1n) is 6.86. The molecule has 1 N–H and O–H groups in total. The monoisotopic (exact) mass is 364 g/mol. The van der Waals surface area contributed by atoms with Crippen LogP contribution in [-0.2, 0) is 10.0 Å². The minimum absolute atomic E-state index is 0.247. The molecule has 0 aliphatic carbocycles. The van der Waals surface area contributed by atoms with Gasteiger partial charge in [-0.1, -0.05) is 18.5 Å². The third-order valence-corrected chi connectivity index (χ3v) is 5.54. The maximum atomic E-state index is 12.1. The van der Waals surface area contributed by atoms with Crippen LogP contribution in [-0.4, -0.2) is 50.8 Å². The highest BCUT2D eigenvalue weighted by Crippen LogP contribution is 2.22. The van der Waals surface area contributed by atoms with Crippen LogP contribution in [0.3, 0.4) is 0 Å². The average molecular weight is 365 g/mol. The highest BCUT2D eigenvalue weighted by atomic mass is 35.5. The van der Waals surface area contributed by atoms with E-state index in [1.807, 2.05) is 12.3 Å². The molecule has 0 atom stereocenters.